The maximum Gasteiger partial charge on any atom is 0.131 e. The molecule has 18 heavy (non-hydrogen) atoms. The highest BCUT2D eigenvalue weighted by Crippen LogP contribution is 2.19. The number of rotatable bonds is 5. The molecule has 0 spiro atoms. The van der Waals surface area contributed by atoms with Crippen molar-refractivity contribution in [3.8, 4) is 0 Å². The minimum absolute atomic E-state index is 0.330. The van der Waals surface area contributed by atoms with Crippen LogP contribution in [0.25, 0.3) is 0 Å². The Bertz CT molecular complexity index is 412. The number of aromatic nitrogens is 2. The summed E-state index contributed by atoms with van der Waals surface area (Å²) >= 11 is 0. The summed E-state index contributed by atoms with van der Waals surface area (Å²) in [7, 11) is 0. The van der Waals surface area contributed by atoms with Crippen LogP contribution in [-0.4, -0.2) is 28.7 Å². The summed E-state index contributed by atoms with van der Waals surface area (Å²) in [5, 5.41) is 3.50. The van der Waals surface area contributed by atoms with Crippen LogP contribution in [0.3, 0.4) is 0 Å². The lowest BCUT2D eigenvalue weighted by Crippen LogP contribution is -2.18. The lowest BCUT2D eigenvalue weighted by molar-refractivity contribution is 0.110. The predicted octanol–water partition coefficient (Wildman–Crippen LogP) is 1.76. The number of hydrogen-bond donors (Lipinski definition) is 1. The van der Waals surface area contributed by atoms with Crippen LogP contribution in [0.2, 0.25) is 0 Å². The SMILES string of the molecule is Cc1cc(CNC2CC2)nc(CC2CCCO2)n1. The largest absolute Gasteiger partial charge is 0.378 e. The Morgan fingerprint density at radius 1 is 1.33 bits per heavy atom. The second-order valence-corrected chi connectivity index (χ2v) is 5.41. The van der Waals surface area contributed by atoms with Crippen LogP contribution in [0.1, 0.15) is 42.9 Å². The highest BCUT2D eigenvalue weighted by Gasteiger charge is 2.21. The molecule has 1 aromatic heterocycles. The normalized spacial score (nSPS) is 23.5. The van der Waals surface area contributed by atoms with Gasteiger partial charge < -0.3 is 10.1 Å². The van der Waals surface area contributed by atoms with Crippen molar-refractivity contribution in [2.75, 3.05) is 6.61 Å². The second kappa shape index (κ2) is 5.33. The van der Waals surface area contributed by atoms with Gasteiger partial charge >= 0.3 is 0 Å². The van der Waals surface area contributed by atoms with Crippen LogP contribution in [0.5, 0.6) is 0 Å². The zero-order chi connectivity index (χ0) is 12.4. The molecule has 2 heterocycles. The van der Waals surface area contributed by atoms with Crippen molar-refractivity contribution in [1.82, 2.24) is 15.3 Å². The number of hydrogen-bond acceptors (Lipinski definition) is 4. The molecule has 0 radical (unpaired) electrons. The third-order valence-electron chi connectivity index (χ3n) is 3.54. The average molecular weight is 247 g/mol. The van der Waals surface area contributed by atoms with Crippen molar-refractivity contribution in [3.05, 3.63) is 23.3 Å². The summed E-state index contributed by atoms with van der Waals surface area (Å²) in [6.45, 7) is 3.81. The Morgan fingerprint density at radius 2 is 2.22 bits per heavy atom. The van der Waals surface area contributed by atoms with Crippen LogP contribution >= 0.6 is 0 Å². The van der Waals surface area contributed by atoms with Crippen molar-refractivity contribution in [2.24, 2.45) is 0 Å². The third kappa shape index (κ3) is 3.27. The third-order valence-corrected chi connectivity index (χ3v) is 3.54. The monoisotopic (exact) mass is 247 g/mol. The number of nitrogens with one attached hydrogen (secondary N) is 1. The number of ether oxygens (including phenoxy) is 1. The molecule has 0 aromatic carbocycles. The zero-order valence-corrected chi connectivity index (χ0v) is 11.0. The fourth-order valence-electron chi connectivity index (χ4n) is 2.43. The molecule has 1 N–H and O–H groups in total. The Morgan fingerprint density at radius 3 is 2.94 bits per heavy atom. The van der Waals surface area contributed by atoms with Gasteiger partial charge in [0.1, 0.15) is 5.82 Å². The predicted molar refractivity (Wildman–Crippen MR) is 69.3 cm³/mol. The Balaban J connectivity index is 1.64. The van der Waals surface area contributed by atoms with Crippen LogP contribution in [0, 0.1) is 6.92 Å². The smallest absolute Gasteiger partial charge is 0.131 e. The molecule has 1 aliphatic carbocycles. The summed E-state index contributed by atoms with van der Waals surface area (Å²) in [6.07, 6.45) is 6.13. The molecule has 4 nitrogen and oxygen atoms in total. The molecule has 98 valence electrons. The highest BCUT2D eigenvalue weighted by atomic mass is 16.5. The van der Waals surface area contributed by atoms with Crippen molar-refractivity contribution in [2.45, 2.75) is 57.7 Å². The van der Waals surface area contributed by atoms with Crippen molar-refractivity contribution >= 4 is 0 Å². The summed E-state index contributed by atoms with van der Waals surface area (Å²) in [4.78, 5) is 9.16. The molecule has 0 amide bonds. The lowest BCUT2D eigenvalue weighted by atomic mass is 10.1. The first-order valence-electron chi connectivity index (χ1n) is 6.98. The second-order valence-electron chi connectivity index (χ2n) is 5.41. The van der Waals surface area contributed by atoms with Gasteiger partial charge in [0.2, 0.25) is 0 Å². The van der Waals surface area contributed by atoms with E-state index in [-0.39, 0.29) is 0 Å². The van der Waals surface area contributed by atoms with E-state index in [4.69, 9.17) is 4.74 Å². The quantitative estimate of drug-likeness (QED) is 0.861. The van der Waals surface area contributed by atoms with E-state index in [1.807, 2.05) is 6.92 Å². The van der Waals surface area contributed by atoms with Gasteiger partial charge in [-0.25, -0.2) is 9.97 Å². The van der Waals surface area contributed by atoms with Gasteiger partial charge in [0, 0.05) is 31.3 Å². The van der Waals surface area contributed by atoms with Gasteiger partial charge in [-0.3, -0.25) is 0 Å². The molecule has 1 saturated heterocycles. The molecule has 1 atom stereocenters. The van der Waals surface area contributed by atoms with Crippen LogP contribution < -0.4 is 5.32 Å². The van der Waals surface area contributed by atoms with Crippen LogP contribution in [0.4, 0.5) is 0 Å². The van der Waals surface area contributed by atoms with Crippen molar-refractivity contribution in [1.29, 1.82) is 0 Å². The van der Waals surface area contributed by atoms with E-state index in [9.17, 15) is 0 Å². The van der Waals surface area contributed by atoms with Crippen LogP contribution in [-0.2, 0) is 17.7 Å². The summed E-state index contributed by atoms with van der Waals surface area (Å²) in [6, 6.07) is 2.80. The number of aryl methyl sites for hydroxylation is 1. The molecule has 1 aromatic rings. The molecule has 2 fully saturated rings. The molecule has 1 aliphatic heterocycles. The summed E-state index contributed by atoms with van der Waals surface area (Å²) in [5.74, 6) is 0.939. The minimum atomic E-state index is 0.330. The Hall–Kier alpha value is -1.00. The van der Waals surface area contributed by atoms with Crippen LogP contribution in [0.15, 0.2) is 6.07 Å². The topological polar surface area (TPSA) is 47.0 Å². The van der Waals surface area contributed by atoms with Gasteiger partial charge in [-0.15, -0.1) is 0 Å². The van der Waals surface area contributed by atoms with E-state index in [0.29, 0.717) is 6.10 Å². The van der Waals surface area contributed by atoms with E-state index >= 15 is 0 Å². The van der Waals surface area contributed by atoms with E-state index in [1.54, 1.807) is 0 Å². The van der Waals surface area contributed by atoms with Gasteiger partial charge in [0.15, 0.2) is 0 Å². The first-order chi connectivity index (χ1) is 8.79. The number of nitrogens with zero attached hydrogens (tertiary/aromatic N) is 2. The maximum absolute atomic E-state index is 5.65. The first-order valence-corrected chi connectivity index (χ1v) is 6.98. The first kappa shape index (κ1) is 12.1. The molecule has 2 aliphatic rings. The molecular formula is C14H21N3O. The van der Waals surface area contributed by atoms with Gasteiger partial charge in [-0.2, -0.15) is 0 Å². The van der Waals surface area contributed by atoms with Crippen molar-refractivity contribution < 1.29 is 4.74 Å². The fourth-order valence-corrected chi connectivity index (χ4v) is 2.43. The van der Waals surface area contributed by atoms with Crippen molar-refractivity contribution in [3.63, 3.8) is 0 Å². The molecule has 4 heteroatoms. The van der Waals surface area contributed by atoms with Gasteiger partial charge in [0.05, 0.1) is 11.8 Å². The molecule has 1 unspecified atom stereocenters. The van der Waals surface area contributed by atoms with E-state index in [0.717, 1.165) is 49.2 Å². The minimum Gasteiger partial charge on any atom is -0.378 e. The maximum atomic E-state index is 5.65. The summed E-state index contributed by atoms with van der Waals surface area (Å²) in [5.41, 5.74) is 2.17. The molecule has 1 saturated carbocycles. The standard InChI is InChI=1S/C14H21N3O/c1-10-7-12(9-15-11-4-5-11)17-14(16-10)8-13-3-2-6-18-13/h7,11,13,15H,2-6,8-9H2,1H3. The average Bonchev–Trinajstić information content (AvgIpc) is 3.04. The van der Waals surface area contributed by atoms with E-state index < -0.39 is 0 Å². The van der Waals surface area contributed by atoms with E-state index in [2.05, 4.69) is 21.4 Å². The van der Waals surface area contributed by atoms with Gasteiger partial charge in [-0.05, 0) is 38.7 Å². The summed E-state index contributed by atoms with van der Waals surface area (Å²) < 4.78 is 5.65. The fraction of sp³-hybridized carbons (Fsp3) is 0.714. The molecule has 3 rings (SSSR count). The Labute approximate surface area is 108 Å². The zero-order valence-electron chi connectivity index (χ0n) is 11.0. The highest BCUT2D eigenvalue weighted by molar-refractivity contribution is 5.11. The lowest BCUT2D eigenvalue weighted by Gasteiger charge is -2.10. The molecule has 0 bridgehead atoms. The van der Waals surface area contributed by atoms with Gasteiger partial charge in [-0.1, -0.05) is 0 Å². The van der Waals surface area contributed by atoms with E-state index in [1.165, 1.54) is 19.3 Å². The van der Waals surface area contributed by atoms with Gasteiger partial charge in [0.25, 0.3) is 0 Å². The molecular weight excluding hydrogens is 226 g/mol. The Kier molecular flexibility index (Phi) is 3.57.